The minimum atomic E-state index is -3.79. The van der Waals surface area contributed by atoms with Crippen LogP contribution in [-0.4, -0.2) is 89.2 Å². The van der Waals surface area contributed by atoms with Crippen molar-refractivity contribution in [2.24, 2.45) is 11.8 Å². The van der Waals surface area contributed by atoms with E-state index in [9.17, 15) is 18.0 Å². The molecule has 0 saturated carbocycles. The van der Waals surface area contributed by atoms with Gasteiger partial charge in [0.15, 0.2) is 0 Å². The van der Waals surface area contributed by atoms with Gasteiger partial charge in [0.2, 0.25) is 21.9 Å². The van der Waals surface area contributed by atoms with Gasteiger partial charge in [-0.2, -0.15) is 4.31 Å². The first-order valence-corrected chi connectivity index (χ1v) is 15.3. The van der Waals surface area contributed by atoms with Crippen LogP contribution in [0.1, 0.15) is 19.4 Å². The Morgan fingerprint density at radius 2 is 1.68 bits per heavy atom. The van der Waals surface area contributed by atoms with E-state index >= 15 is 0 Å². The Hall–Kier alpha value is -3.90. The Morgan fingerprint density at radius 1 is 0.976 bits per heavy atom. The standard InChI is InChI=1S/C29H34N6O5S/c1-21(2)26(27(36)35-25(19-40-29(35)37)15-22-7-4-3-5-8-22)20-41(38,39)34-13-11-33(12-14-34)28-31-17-24(18-32-28)23-9-6-10-30-16-23/h3-10,16-18,21,25-26H,11-15,19-20H2,1-2H3/t25-,26-/m1/s1. The first kappa shape index (κ1) is 28.6. The monoisotopic (exact) mass is 578 g/mol. The Bertz CT molecular complexity index is 1450. The molecule has 12 heteroatoms. The summed E-state index contributed by atoms with van der Waals surface area (Å²) in [7, 11) is -3.79. The highest BCUT2D eigenvalue weighted by Crippen LogP contribution is 2.26. The molecular weight excluding hydrogens is 544 g/mol. The predicted octanol–water partition coefficient (Wildman–Crippen LogP) is 2.85. The van der Waals surface area contributed by atoms with E-state index in [0.29, 0.717) is 25.5 Å². The molecule has 0 aliphatic carbocycles. The summed E-state index contributed by atoms with van der Waals surface area (Å²) in [5, 5.41) is 0. The smallest absolute Gasteiger partial charge is 0.416 e. The molecule has 5 rings (SSSR count). The van der Waals surface area contributed by atoms with Gasteiger partial charge in [-0.25, -0.2) is 28.1 Å². The van der Waals surface area contributed by atoms with Gasteiger partial charge in [-0.05, 0) is 24.0 Å². The van der Waals surface area contributed by atoms with Gasteiger partial charge in [-0.3, -0.25) is 9.78 Å². The van der Waals surface area contributed by atoms with Gasteiger partial charge in [-0.15, -0.1) is 0 Å². The number of hydrogen-bond donors (Lipinski definition) is 0. The summed E-state index contributed by atoms with van der Waals surface area (Å²) in [5.74, 6) is -1.53. The molecule has 41 heavy (non-hydrogen) atoms. The predicted molar refractivity (Wildman–Crippen MR) is 153 cm³/mol. The van der Waals surface area contributed by atoms with Gasteiger partial charge < -0.3 is 9.64 Å². The summed E-state index contributed by atoms with van der Waals surface area (Å²) in [6, 6.07) is 12.8. The van der Waals surface area contributed by atoms with E-state index in [4.69, 9.17) is 4.74 Å². The van der Waals surface area contributed by atoms with Gasteiger partial charge >= 0.3 is 6.09 Å². The molecule has 1 aromatic carbocycles. The van der Waals surface area contributed by atoms with Gasteiger partial charge in [-0.1, -0.05) is 50.2 Å². The molecule has 11 nitrogen and oxygen atoms in total. The molecule has 0 bridgehead atoms. The van der Waals surface area contributed by atoms with Crippen LogP contribution in [0.15, 0.2) is 67.3 Å². The van der Waals surface area contributed by atoms with E-state index in [2.05, 4.69) is 15.0 Å². The van der Waals surface area contributed by atoms with E-state index in [0.717, 1.165) is 21.6 Å². The number of anilines is 1. The Morgan fingerprint density at radius 3 is 2.32 bits per heavy atom. The molecule has 0 unspecified atom stereocenters. The quantitative estimate of drug-likeness (QED) is 0.377. The molecule has 2 saturated heterocycles. The minimum Gasteiger partial charge on any atom is -0.447 e. The lowest BCUT2D eigenvalue weighted by Crippen LogP contribution is -2.52. The molecule has 4 heterocycles. The SMILES string of the molecule is CC(C)[C@@H](CS(=O)(=O)N1CCN(c2ncc(-c3cccnc3)cn2)CC1)C(=O)N1C(=O)OC[C@H]1Cc1ccccc1. The van der Waals surface area contributed by atoms with Crippen molar-refractivity contribution in [2.75, 3.05) is 43.4 Å². The molecule has 2 amide bonds. The molecular formula is C29H34N6O5S. The number of sulfonamides is 1. The molecule has 2 aliphatic heterocycles. The zero-order chi connectivity index (χ0) is 29.0. The highest BCUT2D eigenvalue weighted by atomic mass is 32.2. The first-order chi connectivity index (χ1) is 19.7. The van der Waals surface area contributed by atoms with E-state index in [1.54, 1.807) is 38.6 Å². The Balaban J connectivity index is 1.22. The third-order valence-electron chi connectivity index (χ3n) is 7.57. The van der Waals surface area contributed by atoms with E-state index in [-0.39, 0.29) is 31.4 Å². The maximum absolute atomic E-state index is 13.6. The summed E-state index contributed by atoms with van der Waals surface area (Å²) in [6.45, 7) is 5.03. The zero-order valence-corrected chi connectivity index (χ0v) is 24.0. The average Bonchev–Trinajstić information content (AvgIpc) is 3.36. The summed E-state index contributed by atoms with van der Waals surface area (Å²) in [6.07, 6.45) is 6.64. The number of rotatable bonds is 9. The number of carbonyl (C=O) groups is 2. The summed E-state index contributed by atoms with van der Waals surface area (Å²) in [4.78, 5) is 42.4. The number of piperazine rings is 1. The van der Waals surface area contributed by atoms with Crippen LogP contribution in [0, 0.1) is 11.8 Å². The van der Waals surface area contributed by atoms with Crippen molar-refractivity contribution < 1.29 is 22.7 Å². The molecule has 2 atom stereocenters. The number of carbonyl (C=O) groups excluding carboxylic acids is 2. The van der Waals surface area contributed by atoms with E-state index in [1.807, 2.05) is 47.4 Å². The van der Waals surface area contributed by atoms with Gasteiger partial charge in [0.05, 0.1) is 17.7 Å². The van der Waals surface area contributed by atoms with Crippen LogP contribution in [0.4, 0.5) is 10.7 Å². The lowest BCUT2D eigenvalue weighted by Gasteiger charge is -2.35. The van der Waals surface area contributed by atoms with Crippen LogP contribution < -0.4 is 4.90 Å². The first-order valence-electron chi connectivity index (χ1n) is 13.7. The largest absolute Gasteiger partial charge is 0.447 e. The van der Waals surface area contributed by atoms with Crippen LogP contribution in [0.5, 0.6) is 0 Å². The van der Waals surface area contributed by atoms with Crippen molar-refractivity contribution in [3.8, 4) is 11.1 Å². The van der Waals surface area contributed by atoms with Crippen LogP contribution >= 0.6 is 0 Å². The Labute approximate surface area is 240 Å². The van der Waals surface area contributed by atoms with Crippen molar-refractivity contribution in [1.82, 2.24) is 24.2 Å². The van der Waals surface area contributed by atoms with Crippen LogP contribution in [0.25, 0.3) is 11.1 Å². The van der Waals surface area contributed by atoms with Gasteiger partial charge in [0.1, 0.15) is 6.61 Å². The second kappa shape index (κ2) is 12.3. The van der Waals surface area contributed by atoms with Crippen molar-refractivity contribution >= 4 is 28.0 Å². The number of cyclic esters (lactones) is 1. The number of hydrogen-bond acceptors (Lipinski definition) is 9. The van der Waals surface area contributed by atoms with Crippen molar-refractivity contribution in [1.29, 1.82) is 0 Å². The van der Waals surface area contributed by atoms with E-state index in [1.165, 1.54) is 4.31 Å². The lowest BCUT2D eigenvalue weighted by atomic mass is 9.95. The van der Waals surface area contributed by atoms with Gasteiger partial charge in [0, 0.05) is 62.1 Å². The second-order valence-corrected chi connectivity index (χ2v) is 12.7. The topological polar surface area (TPSA) is 126 Å². The molecule has 3 aromatic rings. The number of ether oxygens (including phenoxy) is 1. The number of imide groups is 1. The number of nitrogens with zero attached hydrogens (tertiary/aromatic N) is 6. The summed E-state index contributed by atoms with van der Waals surface area (Å²) in [5.41, 5.74) is 2.73. The fraction of sp³-hybridized carbons (Fsp3) is 0.414. The highest BCUT2D eigenvalue weighted by molar-refractivity contribution is 7.89. The number of benzene rings is 1. The molecule has 216 valence electrons. The minimum absolute atomic E-state index is 0.0876. The van der Waals surface area contributed by atoms with Crippen LogP contribution in [-0.2, 0) is 26.0 Å². The fourth-order valence-electron chi connectivity index (χ4n) is 5.16. The number of pyridine rings is 1. The molecule has 0 spiro atoms. The summed E-state index contributed by atoms with van der Waals surface area (Å²) < 4.78 is 33.6. The molecule has 2 aliphatic rings. The van der Waals surface area contributed by atoms with Crippen LogP contribution in [0.2, 0.25) is 0 Å². The summed E-state index contributed by atoms with van der Waals surface area (Å²) >= 11 is 0. The highest BCUT2D eigenvalue weighted by Gasteiger charge is 2.43. The fourth-order valence-corrected chi connectivity index (χ4v) is 7.07. The lowest BCUT2D eigenvalue weighted by molar-refractivity contribution is -0.134. The van der Waals surface area contributed by atoms with Crippen molar-refractivity contribution in [3.05, 3.63) is 72.8 Å². The maximum atomic E-state index is 13.6. The normalized spacial score (nSPS) is 18.9. The molecule has 0 radical (unpaired) electrons. The molecule has 2 aromatic heterocycles. The third-order valence-corrected chi connectivity index (χ3v) is 9.50. The zero-order valence-electron chi connectivity index (χ0n) is 23.2. The van der Waals surface area contributed by atoms with Crippen LogP contribution in [0.3, 0.4) is 0 Å². The number of amides is 2. The van der Waals surface area contributed by atoms with Crippen molar-refractivity contribution in [3.63, 3.8) is 0 Å². The van der Waals surface area contributed by atoms with Crippen molar-refractivity contribution in [2.45, 2.75) is 26.3 Å². The molecule has 2 fully saturated rings. The average molecular weight is 579 g/mol. The third kappa shape index (κ3) is 6.54. The number of aromatic nitrogens is 3. The maximum Gasteiger partial charge on any atom is 0.416 e. The molecule has 0 N–H and O–H groups in total. The van der Waals surface area contributed by atoms with E-state index < -0.39 is 34.0 Å². The van der Waals surface area contributed by atoms with Gasteiger partial charge in [0.25, 0.3) is 0 Å². The Kier molecular flexibility index (Phi) is 8.60. The second-order valence-electron chi connectivity index (χ2n) is 10.7.